The van der Waals surface area contributed by atoms with Crippen molar-refractivity contribution in [3.05, 3.63) is 90.0 Å². The molecule has 3 aromatic carbocycles. The van der Waals surface area contributed by atoms with Crippen molar-refractivity contribution in [2.75, 3.05) is 48.2 Å². The standard InChI is InChI=1S/C30H34N6O3/c37-28(38)24-9-6-8-23(20-24)21-34-22-35(25-10-2-1-3-11-25)30(29(34)39)14-18-33(19-15-30)16-7-17-36-27-13-5-4-12-26(27)31-32-36/h1-6,8-13,20,31-32H,7,14-19,21-22H2,(H,37,38). The van der Waals surface area contributed by atoms with Crippen molar-refractivity contribution in [2.45, 2.75) is 31.3 Å². The molecule has 3 aliphatic rings. The normalized spacial score (nSPS) is 18.5. The summed E-state index contributed by atoms with van der Waals surface area (Å²) in [6, 6.07) is 25.3. The maximum absolute atomic E-state index is 14.0. The quantitative estimate of drug-likeness (QED) is 0.409. The number of likely N-dealkylation sites (tertiary alicyclic amines) is 1. The van der Waals surface area contributed by atoms with Crippen molar-refractivity contribution in [2.24, 2.45) is 0 Å². The number of rotatable bonds is 8. The van der Waals surface area contributed by atoms with E-state index < -0.39 is 11.5 Å². The molecule has 1 amide bonds. The molecule has 39 heavy (non-hydrogen) atoms. The SMILES string of the molecule is O=C(O)c1cccc(CN2CN(c3ccccc3)C3(CCN(CCCN4NNc5ccccc54)CC3)C2=O)c1. The molecule has 3 heterocycles. The lowest BCUT2D eigenvalue weighted by Gasteiger charge is -2.43. The largest absolute Gasteiger partial charge is 0.478 e. The molecule has 2 fully saturated rings. The van der Waals surface area contributed by atoms with Crippen LogP contribution in [0.25, 0.3) is 0 Å². The van der Waals surface area contributed by atoms with Crippen LogP contribution in [-0.4, -0.2) is 65.2 Å². The van der Waals surface area contributed by atoms with E-state index in [0.717, 1.165) is 62.4 Å². The van der Waals surface area contributed by atoms with E-state index in [9.17, 15) is 14.7 Å². The van der Waals surface area contributed by atoms with Gasteiger partial charge in [-0.15, -0.1) is 5.53 Å². The lowest BCUT2D eigenvalue weighted by molar-refractivity contribution is -0.134. The van der Waals surface area contributed by atoms with Gasteiger partial charge in [-0.25, -0.2) is 4.79 Å². The van der Waals surface area contributed by atoms with Crippen LogP contribution in [-0.2, 0) is 11.3 Å². The number of aromatic carboxylic acids is 1. The molecule has 2 saturated heterocycles. The highest BCUT2D eigenvalue weighted by Gasteiger charge is 2.53. The van der Waals surface area contributed by atoms with E-state index >= 15 is 0 Å². The van der Waals surface area contributed by atoms with Crippen LogP contribution in [0.1, 0.15) is 35.2 Å². The van der Waals surface area contributed by atoms with Crippen LogP contribution in [0, 0.1) is 0 Å². The lowest BCUT2D eigenvalue weighted by Crippen LogP contribution is -2.56. The number of hydrogen-bond acceptors (Lipinski definition) is 7. The van der Waals surface area contributed by atoms with E-state index in [1.807, 2.05) is 41.3 Å². The fourth-order valence-corrected chi connectivity index (χ4v) is 6.12. The summed E-state index contributed by atoms with van der Waals surface area (Å²) in [6.07, 6.45) is 2.54. The Hall–Kier alpha value is -4.08. The molecule has 3 N–H and O–H groups in total. The van der Waals surface area contributed by atoms with Gasteiger partial charge in [-0.1, -0.05) is 42.5 Å². The number of para-hydroxylation sites is 3. The van der Waals surface area contributed by atoms with Gasteiger partial charge in [-0.05, 0) is 67.8 Å². The molecule has 9 nitrogen and oxygen atoms in total. The fourth-order valence-electron chi connectivity index (χ4n) is 6.12. The molecule has 0 bridgehead atoms. The van der Waals surface area contributed by atoms with Crippen molar-refractivity contribution >= 4 is 28.9 Å². The molecule has 3 aliphatic heterocycles. The third-order valence-electron chi connectivity index (χ3n) is 8.19. The second-order valence-corrected chi connectivity index (χ2v) is 10.5. The molecule has 0 atom stereocenters. The summed E-state index contributed by atoms with van der Waals surface area (Å²) in [5.74, 6) is -0.823. The average Bonchev–Trinajstić information content (AvgIpc) is 3.49. The number of fused-ring (bicyclic) bond motifs is 1. The van der Waals surface area contributed by atoms with E-state index in [1.165, 1.54) is 5.69 Å². The van der Waals surface area contributed by atoms with Gasteiger partial charge < -0.3 is 25.2 Å². The molecule has 9 heteroatoms. The molecule has 3 aromatic rings. The minimum atomic E-state index is -0.958. The fraction of sp³-hybridized carbons (Fsp3) is 0.333. The van der Waals surface area contributed by atoms with Gasteiger partial charge in [-0.2, -0.15) is 0 Å². The summed E-state index contributed by atoms with van der Waals surface area (Å²) in [6.45, 7) is 4.48. The van der Waals surface area contributed by atoms with Crippen LogP contribution in [0.15, 0.2) is 78.9 Å². The molecular weight excluding hydrogens is 492 g/mol. The van der Waals surface area contributed by atoms with E-state index in [4.69, 9.17) is 0 Å². The number of carbonyl (C=O) groups is 2. The lowest BCUT2D eigenvalue weighted by atomic mass is 9.85. The average molecular weight is 527 g/mol. The van der Waals surface area contributed by atoms with Gasteiger partial charge in [-0.3, -0.25) is 9.80 Å². The van der Waals surface area contributed by atoms with E-state index in [-0.39, 0.29) is 11.5 Å². The van der Waals surface area contributed by atoms with Crippen LogP contribution in [0.2, 0.25) is 0 Å². The summed E-state index contributed by atoms with van der Waals surface area (Å²) in [7, 11) is 0. The number of nitrogens with one attached hydrogen (secondary N) is 2. The number of nitrogens with zero attached hydrogens (tertiary/aromatic N) is 4. The Kier molecular flexibility index (Phi) is 6.85. The van der Waals surface area contributed by atoms with Crippen molar-refractivity contribution in [1.29, 1.82) is 0 Å². The molecule has 0 radical (unpaired) electrons. The second kappa shape index (κ2) is 10.6. The van der Waals surface area contributed by atoms with Gasteiger partial charge in [0.25, 0.3) is 0 Å². The molecule has 202 valence electrons. The highest BCUT2D eigenvalue weighted by molar-refractivity contribution is 5.93. The second-order valence-electron chi connectivity index (χ2n) is 10.5. The first-order valence-corrected chi connectivity index (χ1v) is 13.6. The monoisotopic (exact) mass is 526 g/mol. The van der Waals surface area contributed by atoms with Gasteiger partial charge in [0, 0.05) is 31.9 Å². The molecule has 0 saturated carbocycles. The highest BCUT2D eigenvalue weighted by Crippen LogP contribution is 2.40. The Labute approximate surface area is 228 Å². The van der Waals surface area contributed by atoms with Crippen LogP contribution < -0.4 is 20.9 Å². The summed E-state index contributed by atoms with van der Waals surface area (Å²) in [4.78, 5) is 32.1. The zero-order valence-electron chi connectivity index (χ0n) is 21.9. The molecular formula is C30H34N6O3. The maximum atomic E-state index is 14.0. The molecule has 0 aliphatic carbocycles. The number of hydrogen-bond donors (Lipinski definition) is 3. The predicted molar refractivity (Wildman–Crippen MR) is 151 cm³/mol. The van der Waals surface area contributed by atoms with Gasteiger partial charge in [0.15, 0.2) is 0 Å². The zero-order valence-corrected chi connectivity index (χ0v) is 21.9. The Bertz CT molecular complexity index is 1340. The first kappa shape index (κ1) is 25.2. The van der Waals surface area contributed by atoms with Crippen molar-refractivity contribution in [1.82, 2.24) is 15.3 Å². The van der Waals surface area contributed by atoms with E-state index in [1.54, 1.807) is 18.2 Å². The molecule has 6 rings (SSSR count). The summed E-state index contributed by atoms with van der Waals surface area (Å²) in [5, 5.41) is 11.5. The number of carbonyl (C=O) groups excluding carboxylic acids is 1. The van der Waals surface area contributed by atoms with Gasteiger partial charge >= 0.3 is 5.97 Å². The van der Waals surface area contributed by atoms with Crippen molar-refractivity contribution < 1.29 is 14.7 Å². The number of carboxylic acids is 1. The van der Waals surface area contributed by atoms with E-state index in [2.05, 4.69) is 50.0 Å². The molecule has 0 aromatic heterocycles. The Morgan fingerprint density at radius 3 is 2.49 bits per heavy atom. The van der Waals surface area contributed by atoms with Crippen LogP contribution in [0.3, 0.4) is 0 Å². The summed E-state index contributed by atoms with van der Waals surface area (Å²) < 4.78 is 0. The van der Waals surface area contributed by atoms with Gasteiger partial charge in [0.05, 0.1) is 23.6 Å². The zero-order chi connectivity index (χ0) is 26.8. The number of carboxylic acid groups (broad SMARTS) is 1. The number of anilines is 3. The van der Waals surface area contributed by atoms with Crippen molar-refractivity contribution in [3.63, 3.8) is 0 Å². The Balaban J connectivity index is 1.12. The summed E-state index contributed by atoms with van der Waals surface area (Å²) >= 11 is 0. The number of amides is 1. The third-order valence-corrected chi connectivity index (χ3v) is 8.19. The third kappa shape index (κ3) is 4.91. The first-order valence-electron chi connectivity index (χ1n) is 13.6. The topological polar surface area (TPSA) is 91.4 Å². The Morgan fingerprint density at radius 1 is 0.923 bits per heavy atom. The molecule has 1 spiro atoms. The smallest absolute Gasteiger partial charge is 0.335 e. The van der Waals surface area contributed by atoms with Crippen LogP contribution in [0.4, 0.5) is 17.1 Å². The van der Waals surface area contributed by atoms with Crippen molar-refractivity contribution in [3.8, 4) is 0 Å². The van der Waals surface area contributed by atoms with E-state index in [0.29, 0.717) is 13.2 Å². The molecule has 0 unspecified atom stereocenters. The van der Waals surface area contributed by atoms with Crippen LogP contribution in [0.5, 0.6) is 0 Å². The highest BCUT2D eigenvalue weighted by atomic mass is 16.4. The summed E-state index contributed by atoms with van der Waals surface area (Å²) in [5.41, 5.74) is 10.3. The van der Waals surface area contributed by atoms with Crippen LogP contribution >= 0.6 is 0 Å². The predicted octanol–water partition coefficient (Wildman–Crippen LogP) is 3.77. The number of piperidine rings is 1. The number of hydrazine groups is 2. The van der Waals surface area contributed by atoms with Gasteiger partial charge in [0.1, 0.15) is 5.54 Å². The minimum Gasteiger partial charge on any atom is -0.478 e. The minimum absolute atomic E-state index is 0.135. The number of benzene rings is 3. The first-order chi connectivity index (χ1) is 19.0. The maximum Gasteiger partial charge on any atom is 0.335 e. The van der Waals surface area contributed by atoms with Gasteiger partial charge in [0.2, 0.25) is 5.91 Å². The Morgan fingerprint density at radius 2 is 1.69 bits per heavy atom.